The standard InChI is InChI=1S/C52H96NO7P/c1-3-5-7-9-11-13-15-17-19-21-22-23-24-25-26-27-28-29-31-33-35-37-39-41-43-45-52(54)60-51(50-59-61(55,56)58-48-46-53)49-57-47-44-42-40-38-36-34-32-30-20-18-16-14-12-10-8-6-4-2/h14-17,20-22,24-25,30,51H,3-13,18-19,23,26-29,31-50,53H2,1-2H3,(H,55,56)/b16-14-,17-15-,22-21-,25-24-,30-20-. The molecule has 61 heavy (non-hydrogen) atoms. The van der Waals surface area contributed by atoms with E-state index in [4.69, 9.17) is 24.3 Å². The van der Waals surface area contributed by atoms with E-state index >= 15 is 0 Å². The number of unbranched alkanes of at least 4 members (excludes halogenated alkanes) is 25. The number of phosphoric acid groups is 1. The fraction of sp³-hybridized carbons (Fsp3) is 0.788. The van der Waals surface area contributed by atoms with E-state index in [1.807, 2.05) is 0 Å². The Bertz CT molecular complexity index is 1120. The largest absolute Gasteiger partial charge is 0.472 e. The van der Waals surface area contributed by atoms with E-state index in [0.717, 1.165) is 64.2 Å². The summed E-state index contributed by atoms with van der Waals surface area (Å²) in [6.07, 6.45) is 61.0. The number of allylic oxidation sites excluding steroid dienone is 10. The SMILES string of the molecule is CCCCCC/C=C\C/C=C\CCCCCCCCOCC(COP(=O)(O)OCCN)OC(=O)CCCCCCCCCCCC/C=C\C/C=C\C/C=C\CCCCCCC. The average Bonchev–Trinajstić information content (AvgIpc) is 3.25. The van der Waals surface area contributed by atoms with Crippen molar-refractivity contribution in [3.05, 3.63) is 60.8 Å². The van der Waals surface area contributed by atoms with Crippen molar-refractivity contribution in [3.8, 4) is 0 Å². The first kappa shape index (κ1) is 59.2. The normalized spacial score (nSPS) is 13.8. The molecule has 0 aliphatic heterocycles. The first-order valence-electron chi connectivity index (χ1n) is 25.3. The van der Waals surface area contributed by atoms with Crippen LogP contribution in [0.1, 0.15) is 226 Å². The maximum absolute atomic E-state index is 12.7. The summed E-state index contributed by atoms with van der Waals surface area (Å²) < 4.78 is 33.5. The molecule has 3 N–H and O–H groups in total. The number of carbonyl (C=O) groups is 1. The number of hydrogen-bond acceptors (Lipinski definition) is 7. The van der Waals surface area contributed by atoms with Gasteiger partial charge in [0.05, 0.1) is 19.8 Å². The molecule has 0 radical (unpaired) electrons. The minimum absolute atomic E-state index is 0.0957. The summed E-state index contributed by atoms with van der Waals surface area (Å²) in [5.41, 5.74) is 5.38. The van der Waals surface area contributed by atoms with Crippen LogP contribution >= 0.6 is 7.82 Å². The Hall–Kier alpha value is -1.80. The van der Waals surface area contributed by atoms with E-state index in [9.17, 15) is 14.3 Å². The van der Waals surface area contributed by atoms with Gasteiger partial charge in [-0.3, -0.25) is 13.8 Å². The fourth-order valence-electron chi connectivity index (χ4n) is 6.92. The molecule has 9 heteroatoms. The molecule has 0 amide bonds. The van der Waals surface area contributed by atoms with E-state index in [0.29, 0.717) is 13.0 Å². The van der Waals surface area contributed by atoms with E-state index in [2.05, 4.69) is 74.6 Å². The van der Waals surface area contributed by atoms with Gasteiger partial charge in [0.25, 0.3) is 0 Å². The highest BCUT2D eigenvalue weighted by Gasteiger charge is 2.25. The Morgan fingerprint density at radius 3 is 1.31 bits per heavy atom. The summed E-state index contributed by atoms with van der Waals surface area (Å²) in [4.78, 5) is 22.6. The average molecular weight is 878 g/mol. The third kappa shape index (κ3) is 49.1. The van der Waals surface area contributed by atoms with E-state index in [1.54, 1.807) is 0 Å². The third-order valence-corrected chi connectivity index (χ3v) is 11.6. The summed E-state index contributed by atoms with van der Waals surface area (Å²) in [5, 5.41) is 0. The Morgan fingerprint density at radius 1 is 0.492 bits per heavy atom. The topological polar surface area (TPSA) is 117 Å². The lowest BCUT2D eigenvalue weighted by molar-refractivity contribution is -0.154. The molecule has 0 fully saturated rings. The quantitative estimate of drug-likeness (QED) is 0.0269. The minimum Gasteiger partial charge on any atom is -0.457 e. The van der Waals surface area contributed by atoms with Crippen LogP contribution in [-0.2, 0) is 27.9 Å². The van der Waals surface area contributed by atoms with Crippen molar-refractivity contribution in [2.45, 2.75) is 232 Å². The summed E-state index contributed by atoms with van der Waals surface area (Å²) in [5.74, 6) is -0.338. The van der Waals surface area contributed by atoms with Gasteiger partial charge in [-0.1, -0.05) is 197 Å². The van der Waals surface area contributed by atoms with Crippen molar-refractivity contribution >= 4 is 13.8 Å². The van der Waals surface area contributed by atoms with E-state index in [-0.39, 0.29) is 32.3 Å². The molecule has 2 atom stereocenters. The lowest BCUT2D eigenvalue weighted by atomic mass is 10.0. The maximum atomic E-state index is 12.7. The number of esters is 1. The number of ether oxygens (including phenoxy) is 2. The van der Waals surface area contributed by atoms with Crippen molar-refractivity contribution in [2.75, 3.05) is 33.0 Å². The molecular weight excluding hydrogens is 782 g/mol. The molecular formula is C52H96NO7P. The predicted molar refractivity (Wildman–Crippen MR) is 261 cm³/mol. The smallest absolute Gasteiger partial charge is 0.457 e. The van der Waals surface area contributed by atoms with Gasteiger partial charge in [0.1, 0.15) is 6.10 Å². The molecule has 0 saturated heterocycles. The van der Waals surface area contributed by atoms with Gasteiger partial charge < -0.3 is 20.1 Å². The molecule has 0 heterocycles. The van der Waals surface area contributed by atoms with Crippen molar-refractivity contribution in [1.29, 1.82) is 0 Å². The summed E-state index contributed by atoms with van der Waals surface area (Å²) in [6.45, 7) is 4.88. The fourth-order valence-corrected chi connectivity index (χ4v) is 7.68. The van der Waals surface area contributed by atoms with Crippen molar-refractivity contribution in [1.82, 2.24) is 0 Å². The van der Waals surface area contributed by atoms with Crippen LogP contribution in [0.25, 0.3) is 0 Å². The number of rotatable bonds is 48. The lowest BCUT2D eigenvalue weighted by Crippen LogP contribution is -2.28. The molecule has 0 aliphatic carbocycles. The molecule has 0 saturated carbocycles. The molecule has 0 spiro atoms. The predicted octanol–water partition coefficient (Wildman–Crippen LogP) is 15.7. The molecule has 0 bridgehead atoms. The van der Waals surface area contributed by atoms with Crippen molar-refractivity contribution < 1.29 is 32.8 Å². The molecule has 0 aromatic rings. The van der Waals surface area contributed by atoms with Crippen molar-refractivity contribution in [2.24, 2.45) is 5.73 Å². The Morgan fingerprint density at radius 2 is 0.869 bits per heavy atom. The van der Waals surface area contributed by atoms with Gasteiger partial charge in [0.15, 0.2) is 0 Å². The van der Waals surface area contributed by atoms with Gasteiger partial charge in [-0.15, -0.1) is 0 Å². The number of hydrogen-bond donors (Lipinski definition) is 2. The van der Waals surface area contributed by atoms with Crippen LogP contribution in [-0.4, -0.2) is 49.9 Å². The molecule has 8 nitrogen and oxygen atoms in total. The Kier molecular flexibility index (Phi) is 47.8. The van der Waals surface area contributed by atoms with E-state index in [1.165, 1.54) is 141 Å². The van der Waals surface area contributed by atoms with Crippen LogP contribution in [0.2, 0.25) is 0 Å². The maximum Gasteiger partial charge on any atom is 0.472 e. The van der Waals surface area contributed by atoms with E-state index < -0.39 is 13.9 Å². The van der Waals surface area contributed by atoms with Gasteiger partial charge in [-0.2, -0.15) is 0 Å². The van der Waals surface area contributed by atoms with Crippen LogP contribution in [0, 0.1) is 0 Å². The molecule has 0 aromatic carbocycles. The first-order chi connectivity index (χ1) is 29.9. The van der Waals surface area contributed by atoms with Gasteiger partial charge in [0.2, 0.25) is 0 Å². The van der Waals surface area contributed by atoms with Crippen LogP contribution in [0.3, 0.4) is 0 Å². The van der Waals surface area contributed by atoms with Crippen LogP contribution in [0.15, 0.2) is 60.8 Å². The zero-order chi connectivity index (χ0) is 44.4. The molecule has 0 aliphatic rings. The first-order valence-corrected chi connectivity index (χ1v) is 26.8. The Balaban J connectivity index is 3.97. The zero-order valence-corrected chi connectivity index (χ0v) is 40.5. The number of nitrogens with two attached hydrogens (primary N) is 1. The second-order valence-electron chi connectivity index (χ2n) is 16.7. The van der Waals surface area contributed by atoms with Crippen molar-refractivity contribution in [3.63, 3.8) is 0 Å². The molecule has 0 aromatic heterocycles. The Labute approximate surface area is 376 Å². The van der Waals surface area contributed by atoms with Gasteiger partial charge >= 0.3 is 13.8 Å². The van der Waals surface area contributed by atoms with Gasteiger partial charge in [0, 0.05) is 19.6 Å². The second-order valence-corrected chi connectivity index (χ2v) is 18.1. The second kappa shape index (κ2) is 49.2. The highest BCUT2D eigenvalue weighted by atomic mass is 31.2. The van der Waals surface area contributed by atoms with Crippen LogP contribution in [0.5, 0.6) is 0 Å². The van der Waals surface area contributed by atoms with Gasteiger partial charge in [-0.05, 0) is 83.5 Å². The summed E-state index contributed by atoms with van der Waals surface area (Å²) in [6, 6.07) is 0. The third-order valence-electron chi connectivity index (χ3n) is 10.7. The molecule has 356 valence electrons. The van der Waals surface area contributed by atoms with Crippen LogP contribution < -0.4 is 5.73 Å². The highest BCUT2D eigenvalue weighted by Crippen LogP contribution is 2.43. The lowest BCUT2D eigenvalue weighted by Gasteiger charge is -2.20. The summed E-state index contributed by atoms with van der Waals surface area (Å²) in [7, 11) is -4.29. The van der Waals surface area contributed by atoms with Crippen LogP contribution in [0.4, 0.5) is 0 Å². The zero-order valence-electron chi connectivity index (χ0n) is 39.6. The number of carbonyl (C=O) groups excluding carboxylic acids is 1. The minimum atomic E-state index is -4.29. The summed E-state index contributed by atoms with van der Waals surface area (Å²) >= 11 is 0. The monoisotopic (exact) mass is 878 g/mol. The number of phosphoric ester groups is 1. The molecule has 0 rings (SSSR count). The molecule has 2 unspecified atom stereocenters. The van der Waals surface area contributed by atoms with Gasteiger partial charge in [-0.25, -0.2) is 4.57 Å². The highest BCUT2D eigenvalue weighted by molar-refractivity contribution is 7.47.